The Morgan fingerprint density at radius 1 is 1.45 bits per heavy atom. The summed E-state index contributed by atoms with van der Waals surface area (Å²) in [5.74, 6) is 0.169. The van der Waals surface area contributed by atoms with Crippen molar-refractivity contribution >= 4 is 11.0 Å². The number of aryl methyl sites for hydroxylation is 1. The van der Waals surface area contributed by atoms with Crippen LogP contribution in [0.15, 0.2) is 18.7 Å². The lowest BCUT2D eigenvalue weighted by atomic mass is 10.4. The molecule has 0 aliphatic heterocycles. The molecule has 0 aliphatic carbocycles. The van der Waals surface area contributed by atoms with Crippen LogP contribution in [0.5, 0.6) is 5.75 Å². The largest absolute Gasteiger partial charge is 0.504 e. The fourth-order valence-corrected chi connectivity index (χ4v) is 1.09. The molecule has 2 rings (SSSR count). The predicted molar refractivity (Wildman–Crippen MR) is 40.2 cm³/mol. The molecule has 0 radical (unpaired) electrons. The Morgan fingerprint density at radius 2 is 2.27 bits per heavy atom. The fraction of sp³-hybridized carbons (Fsp3) is 0.143. The summed E-state index contributed by atoms with van der Waals surface area (Å²) in [6.07, 6.45) is 4.67. The fourth-order valence-electron chi connectivity index (χ4n) is 1.09. The first kappa shape index (κ1) is 6.15. The molecule has 0 unspecified atom stereocenters. The smallest absolute Gasteiger partial charge is 0.159 e. The summed E-state index contributed by atoms with van der Waals surface area (Å²) in [4.78, 5) is 7.82. The quantitative estimate of drug-likeness (QED) is 0.599. The van der Waals surface area contributed by atoms with Crippen molar-refractivity contribution in [2.24, 2.45) is 7.05 Å². The van der Waals surface area contributed by atoms with Gasteiger partial charge < -0.3 is 9.67 Å². The number of aromatic hydroxyl groups is 1. The molecule has 0 aliphatic rings. The second-order valence-electron chi connectivity index (χ2n) is 2.38. The lowest BCUT2D eigenvalue weighted by molar-refractivity contribution is 0.476. The minimum atomic E-state index is 0.169. The van der Waals surface area contributed by atoms with Gasteiger partial charge in [0.15, 0.2) is 5.75 Å². The number of imidazole rings is 1. The SMILES string of the molecule is Cn1cnc2cncc(O)c21. The van der Waals surface area contributed by atoms with Crippen LogP contribution < -0.4 is 0 Å². The van der Waals surface area contributed by atoms with Crippen molar-refractivity contribution in [3.05, 3.63) is 18.7 Å². The van der Waals surface area contributed by atoms with E-state index in [4.69, 9.17) is 0 Å². The minimum Gasteiger partial charge on any atom is -0.504 e. The summed E-state index contributed by atoms with van der Waals surface area (Å²) in [5, 5.41) is 9.32. The van der Waals surface area contributed by atoms with Crippen LogP contribution in [-0.2, 0) is 7.05 Å². The molecule has 0 saturated carbocycles. The van der Waals surface area contributed by atoms with E-state index >= 15 is 0 Å². The number of nitrogens with zero attached hydrogens (tertiary/aromatic N) is 3. The van der Waals surface area contributed by atoms with Gasteiger partial charge in [0.1, 0.15) is 11.0 Å². The molecule has 0 amide bonds. The molecule has 0 saturated heterocycles. The average molecular weight is 149 g/mol. The van der Waals surface area contributed by atoms with E-state index in [0.29, 0.717) is 5.52 Å². The van der Waals surface area contributed by atoms with Crippen molar-refractivity contribution < 1.29 is 5.11 Å². The third-order valence-corrected chi connectivity index (χ3v) is 1.60. The number of rotatable bonds is 0. The lowest BCUT2D eigenvalue weighted by Gasteiger charge is -1.95. The van der Waals surface area contributed by atoms with Crippen LogP contribution in [0.2, 0.25) is 0 Å². The molecular weight excluding hydrogens is 142 g/mol. The third-order valence-electron chi connectivity index (χ3n) is 1.60. The molecule has 2 heterocycles. The summed E-state index contributed by atoms with van der Waals surface area (Å²) in [6.45, 7) is 0. The summed E-state index contributed by atoms with van der Waals surface area (Å²) < 4.78 is 1.76. The molecule has 0 aromatic carbocycles. The van der Waals surface area contributed by atoms with Crippen LogP contribution in [0.1, 0.15) is 0 Å². The van der Waals surface area contributed by atoms with Gasteiger partial charge in [-0.05, 0) is 0 Å². The van der Waals surface area contributed by atoms with Gasteiger partial charge >= 0.3 is 0 Å². The zero-order valence-electron chi connectivity index (χ0n) is 6.02. The van der Waals surface area contributed by atoms with Gasteiger partial charge in [0.2, 0.25) is 0 Å². The van der Waals surface area contributed by atoms with Gasteiger partial charge in [0.25, 0.3) is 0 Å². The Morgan fingerprint density at radius 3 is 3.00 bits per heavy atom. The van der Waals surface area contributed by atoms with Crippen molar-refractivity contribution in [2.75, 3.05) is 0 Å². The van der Waals surface area contributed by atoms with E-state index in [1.807, 2.05) is 7.05 Å². The number of hydrogen-bond acceptors (Lipinski definition) is 3. The van der Waals surface area contributed by atoms with E-state index in [1.165, 1.54) is 6.20 Å². The highest BCUT2D eigenvalue weighted by Gasteiger charge is 2.03. The molecule has 4 heteroatoms. The molecule has 2 aromatic rings. The maximum absolute atomic E-state index is 9.32. The summed E-state index contributed by atoms with van der Waals surface area (Å²) in [6, 6.07) is 0. The van der Waals surface area contributed by atoms with Gasteiger partial charge in [-0.25, -0.2) is 4.98 Å². The summed E-state index contributed by atoms with van der Waals surface area (Å²) in [7, 11) is 1.83. The zero-order valence-corrected chi connectivity index (χ0v) is 6.02. The first-order valence-corrected chi connectivity index (χ1v) is 3.23. The first-order valence-electron chi connectivity index (χ1n) is 3.23. The summed E-state index contributed by atoms with van der Waals surface area (Å²) >= 11 is 0. The molecule has 0 spiro atoms. The van der Waals surface area contributed by atoms with E-state index in [-0.39, 0.29) is 5.75 Å². The number of fused-ring (bicyclic) bond motifs is 1. The summed E-state index contributed by atoms with van der Waals surface area (Å²) in [5.41, 5.74) is 1.44. The van der Waals surface area contributed by atoms with Gasteiger partial charge in [-0.15, -0.1) is 0 Å². The van der Waals surface area contributed by atoms with Gasteiger partial charge in [-0.1, -0.05) is 0 Å². The number of pyridine rings is 1. The lowest BCUT2D eigenvalue weighted by Crippen LogP contribution is -1.84. The van der Waals surface area contributed by atoms with Crippen molar-refractivity contribution in [2.45, 2.75) is 0 Å². The van der Waals surface area contributed by atoms with Crippen molar-refractivity contribution in [3.8, 4) is 5.75 Å². The van der Waals surface area contributed by atoms with Crippen LogP contribution in [0, 0.1) is 0 Å². The maximum atomic E-state index is 9.32. The van der Waals surface area contributed by atoms with Crippen LogP contribution in [0.3, 0.4) is 0 Å². The Balaban J connectivity index is 2.96. The topological polar surface area (TPSA) is 50.9 Å². The highest BCUT2D eigenvalue weighted by atomic mass is 16.3. The molecule has 0 fully saturated rings. The van der Waals surface area contributed by atoms with Crippen LogP contribution in [0.25, 0.3) is 11.0 Å². The third kappa shape index (κ3) is 0.756. The van der Waals surface area contributed by atoms with Crippen LogP contribution in [0.4, 0.5) is 0 Å². The average Bonchev–Trinajstić information content (AvgIpc) is 2.34. The van der Waals surface area contributed by atoms with Crippen molar-refractivity contribution in [3.63, 3.8) is 0 Å². The predicted octanol–water partition coefficient (Wildman–Crippen LogP) is 0.674. The van der Waals surface area contributed by atoms with Gasteiger partial charge in [0, 0.05) is 7.05 Å². The highest BCUT2D eigenvalue weighted by molar-refractivity contribution is 5.80. The highest BCUT2D eigenvalue weighted by Crippen LogP contribution is 2.20. The normalized spacial score (nSPS) is 10.6. The van der Waals surface area contributed by atoms with Crippen molar-refractivity contribution in [1.82, 2.24) is 14.5 Å². The van der Waals surface area contributed by atoms with E-state index in [2.05, 4.69) is 9.97 Å². The Kier molecular flexibility index (Phi) is 1.09. The molecule has 4 nitrogen and oxygen atoms in total. The van der Waals surface area contributed by atoms with Gasteiger partial charge in [0.05, 0.1) is 18.7 Å². The standard InChI is InChI=1S/C7H7N3O/c1-10-4-9-5-2-8-3-6(11)7(5)10/h2-4,11H,1H3. The van der Waals surface area contributed by atoms with Crippen LogP contribution >= 0.6 is 0 Å². The van der Waals surface area contributed by atoms with Gasteiger partial charge in [-0.3, -0.25) is 4.98 Å². The Labute approximate surface area is 63.1 Å². The molecule has 1 N–H and O–H groups in total. The molecule has 0 bridgehead atoms. The van der Waals surface area contributed by atoms with Gasteiger partial charge in [-0.2, -0.15) is 0 Å². The molecule has 11 heavy (non-hydrogen) atoms. The molecular formula is C7H7N3O. The van der Waals surface area contributed by atoms with E-state index in [0.717, 1.165) is 5.52 Å². The zero-order chi connectivity index (χ0) is 7.84. The second kappa shape index (κ2) is 1.95. The monoisotopic (exact) mass is 149 g/mol. The Bertz CT molecular complexity index is 393. The van der Waals surface area contributed by atoms with E-state index in [1.54, 1.807) is 17.1 Å². The molecule has 2 aromatic heterocycles. The van der Waals surface area contributed by atoms with E-state index < -0.39 is 0 Å². The second-order valence-corrected chi connectivity index (χ2v) is 2.38. The molecule has 0 atom stereocenters. The molecule has 56 valence electrons. The maximum Gasteiger partial charge on any atom is 0.159 e. The van der Waals surface area contributed by atoms with E-state index in [9.17, 15) is 5.11 Å². The first-order chi connectivity index (χ1) is 5.29. The van der Waals surface area contributed by atoms with Crippen LogP contribution in [-0.4, -0.2) is 19.6 Å². The minimum absolute atomic E-state index is 0.169. The van der Waals surface area contributed by atoms with Crippen molar-refractivity contribution in [1.29, 1.82) is 0 Å². The number of aromatic nitrogens is 3. The Hall–Kier alpha value is -1.58. The number of hydrogen-bond donors (Lipinski definition) is 1.